The lowest BCUT2D eigenvalue weighted by molar-refractivity contribution is 0.0788. The fraction of sp³-hybridized carbons (Fsp3) is 0.500. The number of benzene rings is 1. The molecule has 1 fully saturated rings. The first-order chi connectivity index (χ1) is 13.1. The Morgan fingerprint density at radius 3 is 2.48 bits per heavy atom. The molecule has 2 aromatic rings. The first-order valence-electron chi connectivity index (χ1n) is 9.47. The third-order valence-corrected chi connectivity index (χ3v) is 5.79. The largest absolute Gasteiger partial charge is 0.497 e. The van der Waals surface area contributed by atoms with E-state index < -0.39 is 0 Å². The predicted molar refractivity (Wildman–Crippen MR) is 111 cm³/mol. The molecule has 0 saturated carbocycles. The van der Waals surface area contributed by atoms with E-state index in [0.717, 1.165) is 56.4 Å². The van der Waals surface area contributed by atoms with Gasteiger partial charge >= 0.3 is 0 Å². The van der Waals surface area contributed by atoms with Crippen LogP contribution in [0.15, 0.2) is 29.6 Å². The SMILES string of the molecule is CCCCN(C)C(=O)c1csc(N2CCN(c3ccc(OC)cc3)CC2)n1. The van der Waals surface area contributed by atoms with Crippen LogP contribution in [0.4, 0.5) is 10.8 Å². The van der Waals surface area contributed by atoms with E-state index in [2.05, 4.69) is 33.8 Å². The van der Waals surface area contributed by atoms with Crippen LogP contribution in [0.25, 0.3) is 0 Å². The van der Waals surface area contributed by atoms with Gasteiger partial charge in [0.2, 0.25) is 0 Å². The summed E-state index contributed by atoms with van der Waals surface area (Å²) < 4.78 is 5.23. The minimum atomic E-state index is 0.0165. The number of aromatic nitrogens is 1. The second-order valence-corrected chi connectivity index (χ2v) is 7.60. The predicted octanol–water partition coefficient (Wildman–Crippen LogP) is 3.35. The number of methoxy groups -OCH3 is 1. The molecule has 0 N–H and O–H groups in total. The normalized spacial score (nSPS) is 14.3. The molecule has 0 bridgehead atoms. The van der Waals surface area contributed by atoms with Crippen molar-refractivity contribution in [3.05, 3.63) is 35.3 Å². The van der Waals surface area contributed by atoms with E-state index in [1.54, 1.807) is 23.3 Å². The number of hydrogen-bond donors (Lipinski definition) is 0. The Balaban J connectivity index is 1.56. The van der Waals surface area contributed by atoms with Crippen LogP contribution < -0.4 is 14.5 Å². The molecule has 1 aliphatic rings. The van der Waals surface area contributed by atoms with Gasteiger partial charge in [-0.25, -0.2) is 4.98 Å². The van der Waals surface area contributed by atoms with E-state index in [1.165, 1.54) is 5.69 Å². The maximum atomic E-state index is 12.5. The van der Waals surface area contributed by atoms with Crippen molar-refractivity contribution < 1.29 is 9.53 Å². The summed E-state index contributed by atoms with van der Waals surface area (Å²) in [5, 5.41) is 2.83. The van der Waals surface area contributed by atoms with Gasteiger partial charge in [0.1, 0.15) is 11.4 Å². The van der Waals surface area contributed by atoms with Crippen LogP contribution in [0.2, 0.25) is 0 Å². The average molecular weight is 389 g/mol. The zero-order valence-corrected chi connectivity index (χ0v) is 17.2. The molecule has 3 rings (SSSR count). The summed E-state index contributed by atoms with van der Waals surface area (Å²) in [4.78, 5) is 23.5. The molecule has 27 heavy (non-hydrogen) atoms. The lowest BCUT2D eigenvalue weighted by atomic mass is 10.2. The fourth-order valence-electron chi connectivity index (χ4n) is 3.15. The Morgan fingerprint density at radius 2 is 1.85 bits per heavy atom. The Kier molecular flexibility index (Phi) is 6.55. The molecule has 0 aliphatic carbocycles. The van der Waals surface area contributed by atoms with Crippen LogP contribution in [-0.4, -0.2) is 62.7 Å². The van der Waals surface area contributed by atoms with Crippen molar-refractivity contribution >= 4 is 28.1 Å². The number of amides is 1. The van der Waals surface area contributed by atoms with Gasteiger partial charge < -0.3 is 19.4 Å². The smallest absolute Gasteiger partial charge is 0.273 e. The lowest BCUT2D eigenvalue weighted by Crippen LogP contribution is -2.46. The highest BCUT2D eigenvalue weighted by atomic mass is 32.1. The van der Waals surface area contributed by atoms with E-state index in [0.29, 0.717) is 5.69 Å². The molecule has 146 valence electrons. The van der Waals surface area contributed by atoms with Gasteiger partial charge in [-0.05, 0) is 30.7 Å². The lowest BCUT2D eigenvalue weighted by Gasteiger charge is -2.36. The topological polar surface area (TPSA) is 48.9 Å². The molecule has 1 aromatic heterocycles. The molecule has 6 nitrogen and oxygen atoms in total. The van der Waals surface area contributed by atoms with Gasteiger partial charge in [-0.3, -0.25) is 4.79 Å². The Hall–Kier alpha value is -2.28. The fourth-order valence-corrected chi connectivity index (χ4v) is 4.00. The molecule has 1 amide bonds. The van der Waals surface area contributed by atoms with Gasteiger partial charge in [0.25, 0.3) is 5.91 Å². The number of thiazole rings is 1. The molecule has 0 atom stereocenters. The van der Waals surface area contributed by atoms with Gasteiger partial charge in [-0.15, -0.1) is 11.3 Å². The van der Waals surface area contributed by atoms with Gasteiger partial charge in [-0.2, -0.15) is 0 Å². The van der Waals surface area contributed by atoms with Crippen LogP contribution in [-0.2, 0) is 0 Å². The number of nitrogens with zero attached hydrogens (tertiary/aromatic N) is 4. The molecule has 0 radical (unpaired) electrons. The highest BCUT2D eigenvalue weighted by Crippen LogP contribution is 2.25. The van der Waals surface area contributed by atoms with Crippen molar-refractivity contribution in [2.24, 2.45) is 0 Å². The monoisotopic (exact) mass is 388 g/mol. The molecule has 7 heteroatoms. The highest BCUT2D eigenvalue weighted by Gasteiger charge is 2.22. The molecule has 0 unspecified atom stereocenters. The number of piperazine rings is 1. The van der Waals surface area contributed by atoms with Crippen molar-refractivity contribution in [2.75, 3.05) is 56.7 Å². The van der Waals surface area contributed by atoms with Crippen LogP contribution in [0.5, 0.6) is 5.75 Å². The number of rotatable bonds is 7. The van der Waals surface area contributed by atoms with Crippen molar-refractivity contribution in [1.29, 1.82) is 0 Å². The number of carbonyl (C=O) groups excluding carboxylic acids is 1. The summed E-state index contributed by atoms with van der Waals surface area (Å²) in [5.41, 5.74) is 1.77. The summed E-state index contributed by atoms with van der Waals surface area (Å²) in [7, 11) is 3.53. The first-order valence-corrected chi connectivity index (χ1v) is 10.3. The average Bonchev–Trinajstić information content (AvgIpc) is 3.22. The van der Waals surface area contributed by atoms with Gasteiger partial charge in [0.15, 0.2) is 5.13 Å². The maximum absolute atomic E-state index is 12.5. The third-order valence-electron chi connectivity index (χ3n) is 4.89. The minimum Gasteiger partial charge on any atom is -0.497 e. The summed E-state index contributed by atoms with van der Waals surface area (Å²) in [6.07, 6.45) is 2.10. The Morgan fingerprint density at radius 1 is 1.19 bits per heavy atom. The summed E-state index contributed by atoms with van der Waals surface area (Å²) in [5.74, 6) is 0.893. The van der Waals surface area contributed by atoms with E-state index >= 15 is 0 Å². The van der Waals surface area contributed by atoms with E-state index in [-0.39, 0.29) is 5.91 Å². The Bertz CT molecular complexity index is 739. The number of carbonyl (C=O) groups is 1. The van der Waals surface area contributed by atoms with Gasteiger partial charge in [-0.1, -0.05) is 13.3 Å². The molecule has 2 heterocycles. The van der Waals surface area contributed by atoms with Crippen LogP contribution in [0.3, 0.4) is 0 Å². The second kappa shape index (κ2) is 9.08. The molecular weight excluding hydrogens is 360 g/mol. The second-order valence-electron chi connectivity index (χ2n) is 6.77. The molecule has 1 aliphatic heterocycles. The zero-order valence-electron chi connectivity index (χ0n) is 16.4. The summed E-state index contributed by atoms with van der Waals surface area (Å²) in [6.45, 7) is 6.59. The van der Waals surface area contributed by atoms with Crippen molar-refractivity contribution in [2.45, 2.75) is 19.8 Å². The van der Waals surface area contributed by atoms with Crippen LogP contribution in [0, 0.1) is 0 Å². The maximum Gasteiger partial charge on any atom is 0.273 e. The molecule has 1 aromatic carbocycles. The van der Waals surface area contributed by atoms with E-state index in [9.17, 15) is 4.79 Å². The quantitative estimate of drug-likeness (QED) is 0.728. The summed E-state index contributed by atoms with van der Waals surface area (Å²) >= 11 is 1.56. The van der Waals surface area contributed by atoms with Crippen LogP contribution >= 0.6 is 11.3 Å². The number of anilines is 2. The van der Waals surface area contributed by atoms with Crippen molar-refractivity contribution in [3.8, 4) is 5.75 Å². The Labute approximate surface area is 165 Å². The van der Waals surface area contributed by atoms with Gasteiger partial charge in [0.05, 0.1) is 7.11 Å². The zero-order chi connectivity index (χ0) is 19.2. The standard InChI is InChI=1S/C20H28N4O2S/c1-4-5-10-22(2)19(25)18-15-27-20(21-18)24-13-11-23(12-14-24)16-6-8-17(26-3)9-7-16/h6-9,15H,4-5,10-14H2,1-3H3. The number of ether oxygens (including phenoxy) is 1. The molecule has 1 saturated heterocycles. The van der Waals surface area contributed by atoms with Crippen molar-refractivity contribution in [3.63, 3.8) is 0 Å². The number of unbranched alkanes of at least 4 members (excludes halogenated alkanes) is 1. The molecule has 0 spiro atoms. The van der Waals surface area contributed by atoms with Crippen molar-refractivity contribution in [1.82, 2.24) is 9.88 Å². The minimum absolute atomic E-state index is 0.0165. The first kappa shape index (κ1) is 19.5. The van der Waals surface area contributed by atoms with E-state index in [4.69, 9.17) is 4.74 Å². The summed E-state index contributed by atoms with van der Waals surface area (Å²) in [6, 6.07) is 8.19. The van der Waals surface area contributed by atoms with Gasteiger partial charge in [0, 0.05) is 50.8 Å². The highest BCUT2D eigenvalue weighted by molar-refractivity contribution is 7.13. The molecular formula is C20H28N4O2S. The van der Waals surface area contributed by atoms with Crippen LogP contribution in [0.1, 0.15) is 30.3 Å². The third kappa shape index (κ3) is 4.71. The number of hydrogen-bond acceptors (Lipinski definition) is 6. The van der Waals surface area contributed by atoms with E-state index in [1.807, 2.05) is 24.6 Å².